The highest BCUT2D eigenvalue weighted by atomic mass is 16.8. The van der Waals surface area contributed by atoms with Crippen LogP contribution < -0.4 is 9.47 Å². The van der Waals surface area contributed by atoms with Crippen LogP contribution >= 0.6 is 0 Å². The molecule has 2 aliphatic rings. The molecule has 31 heavy (non-hydrogen) atoms. The molecular weight excluding hydrogens is 404 g/mol. The van der Waals surface area contributed by atoms with Crippen LogP contribution in [0.4, 0.5) is 0 Å². The number of methoxy groups -OCH3 is 2. The summed E-state index contributed by atoms with van der Waals surface area (Å²) in [4.78, 5) is 12.9. The van der Waals surface area contributed by atoms with E-state index in [1.807, 2.05) is 19.9 Å². The predicted molar refractivity (Wildman–Crippen MR) is 113 cm³/mol. The lowest BCUT2D eigenvalue weighted by Gasteiger charge is -2.20. The number of carbonyl (C=O) groups excluding carboxylic acids is 1. The van der Waals surface area contributed by atoms with Crippen molar-refractivity contribution in [2.24, 2.45) is 0 Å². The van der Waals surface area contributed by atoms with E-state index in [0.717, 1.165) is 0 Å². The van der Waals surface area contributed by atoms with Crippen LogP contribution in [0, 0.1) is 0 Å². The Kier molecular flexibility index (Phi) is 7.72. The Morgan fingerprint density at radius 2 is 2.00 bits per heavy atom. The van der Waals surface area contributed by atoms with Gasteiger partial charge in [-0.15, -0.1) is 0 Å². The van der Waals surface area contributed by atoms with Crippen molar-refractivity contribution in [2.75, 3.05) is 27.6 Å². The molecule has 2 aliphatic heterocycles. The highest BCUT2D eigenvalue weighted by molar-refractivity contribution is 5.97. The van der Waals surface area contributed by atoms with Crippen molar-refractivity contribution in [1.82, 2.24) is 0 Å². The van der Waals surface area contributed by atoms with E-state index in [-0.39, 0.29) is 25.1 Å². The zero-order valence-corrected chi connectivity index (χ0v) is 18.3. The average Bonchev–Trinajstić information content (AvgIpc) is 3.05. The van der Waals surface area contributed by atoms with Crippen LogP contribution in [-0.4, -0.2) is 62.8 Å². The number of fused-ring (bicyclic) bond motifs is 2. The van der Waals surface area contributed by atoms with E-state index >= 15 is 0 Å². The minimum Gasteiger partial charge on any atom is -0.497 e. The fourth-order valence-corrected chi connectivity index (χ4v) is 3.62. The smallest absolute Gasteiger partial charge is 0.342 e. The molecule has 3 rings (SSSR count). The molecule has 0 spiro atoms. The molecule has 2 heterocycles. The van der Waals surface area contributed by atoms with E-state index in [4.69, 9.17) is 28.4 Å². The van der Waals surface area contributed by atoms with Crippen LogP contribution in [0.15, 0.2) is 30.4 Å². The second kappa shape index (κ2) is 10.3. The second-order valence-electron chi connectivity index (χ2n) is 7.76. The Hall–Kier alpha value is -2.39. The van der Waals surface area contributed by atoms with Gasteiger partial charge in [-0.1, -0.05) is 24.3 Å². The van der Waals surface area contributed by atoms with Crippen molar-refractivity contribution in [3.8, 4) is 11.5 Å². The number of hydrogen-bond donors (Lipinski definition) is 1. The monoisotopic (exact) mass is 434 g/mol. The largest absolute Gasteiger partial charge is 0.497 e. The van der Waals surface area contributed by atoms with Gasteiger partial charge in [-0.2, -0.15) is 0 Å². The third kappa shape index (κ3) is 5.86. The molecule has 1 saturated heterocycles. The van der Waals surface area contributed by atoms with Gasteiger partial charge in [0.05, 0.1) is 19.8 Å². The van der Waals surface area contributed by atoms with Crippen molar-refractivity contribution in [1.29, 1.82) is 0 Å². The molecule has 3 atom stereocenters. The number of aliphatic hydroxyl groups excluding tert-OH is 1. The van der Waals surface area contributed by atoms with Gasteiger partial charge < -0.3 is 33.5 Å². The summed E-state index contributed by atoms with van der Waals surface area (Å²) in [5.41, 5.74) is 0.869. The maximum absolute atomic E-state index is 12.9. The van der Waals surface area contributed by atoms with Crippen LogP contribution in [0.5, 0.6) is 11.5 Å². The lowest BCUT2D eigenvalue weighted by atomic mass is 10.0. The van der Waals surface area contributed by atoms with Crippen molar-refractivity contribution < 1.29 is 38.3 Å². The SMILES string of the molecule is COCOc1cc(OC)cc2c1C(=O)OCC/C=C\C(O)C1OC(C)(C)O[C@H]1CC=C2. The van der Waals surface area contributed by atoms with Gasteiger partial charge in [-0.3, -0.25) is 0 Å². The normalized spacial score (nSPS) is 26.9. The maximum Gasteiger partial charge on any atom is 0.342 e. The van der Waals surface area contributed by atoms with Crippen LogP contribution in [0.25, 0.3) is 6.08 Å². The molecule has 0 aromatic heterocycles. The van der Waals surface area contributed by atoms with Gasteiger partial charge in [-0.25, -0.2) is 4.79 Å². The molecule has 0 saturated carbocycles. The molecule has 2 unspecified atom stereocenters. The molecule has 1 fully saturated rings. The molecule has 0 amide bonds. The number of rotatable bonds is 4. The molecule has 0 radical (unpaired) electrons. The zero-order valence-electron chi connectivity index (χ0n) is 18.3. The van der Waals surface area contributed by atoms with E-state index in [2.05, 4.69) is 0 Å². The summed E-state index contributed by atoms with van der Waals surface area (Å²) in [6.45, 7) is 3.76. The first-order chi connectivity index (χ1) is 14.8. The number of ether oxygens (including phenoxy) is 6. The first-order valence-electron chi connectivity index (χ1n) is 10.2. The number of cyclic esters (lactones) is 1. The Morgan fingerprint density at radius 1 is 1.19 bits per heavy atom. The van der Waals surface area contributed by atoms with Gasteiger partial charge in [0.2, 0.25) is 0 Å². The molecule has 170 valence electrons. The lowest BCUT2D eigenvalue weighted by molar-refractivity contribution is -0.152. The number of aliphatic hydroxyl groups is 1. The standard InChI is InChI=1S/C23H30O8/c1-23(2)30-18-10-7-8-15-12-16(27-4)13-19(29-14-26-3)20(15)22(25)28-11-6-5-9-17(24)21(18)31-23/h5,7-9,12-13,17-18,21,24H,6,10-11,14H2,1-4H3/b8-7?,9-5-/t17?,18-,21?/m0/s1. The van der Waals surface area contributed by atoms with E-state index in [1.165, 1.54) is 14.2 Å². The highest BCUT2D eigenvalue weighted by Gasteiger charge is 2.43. The summed E-state index contributed by atoms with van der Waals surface area (Å²) in [7, 11) is 3.04. The van der Waals surface area contributed by atoms with E-state index in [9.17, 15) is 9.90 Å². The second-order valence-corrected chi connectivity index (χ2v) is 7.76. The summed E-state index contributed by atoms with van der Waals surface area (Å²) in [6.07, 6.45) is 6.31. The van der Waals surface area contributed by atoms with Crippen LogP contribution in [0.1, 0.15) is 42.6 Å². The average molecular weight is 434 g/mol. The summed E-state index contributed by atoms with van der Waals surface area (Å²) >= 11 is 0. The van der Waals surface area contributed by atoms with E-state index < -0.39 is 24.0 Å². The van der Waals surface area contributed by atoms with Gasteiger partial charge in [-0.05, 0) is 38.3 Å². The third-order valence-electron chi connectivity index (χ3n) is 4.95. The number of carbonyl (C=O) groups is 1. The van der Waals surface area contributed by atoms with Gasteiger partial charge in [0.25, 0.3) is 0 Å². The highest BCUT2D eigenvalue weighted by Crippen LogP contribution is 2.34. The fourth-order valence-electron chi connectivity index (χ4n) is 3.62. The van der Waals surface area contributed by atoms with Gasteiger partial charge in [0.15, 0.2) is 12.6 Å². The zero-order chi connectivity index (χ0) is 22.4. The lowest BCUT2D eigenvalue weighted by Crippen LogP contribution is -2.34. The van der Waals surface area contributed by atoms with Gasteiger partial charge in [0.1, 0.15) is 29.3 Å². The Labute approximate surface area is 182 Å². The summed E-state index contributed by atoms with van der Waals surface area (Å²) in [5, 5.41) is 10.5. The molecule has 1 aromatic rings. The van der Waals surface area contributed by atoms with E-state index in [0.29, 0.717) is 29.9 Å². The van der Waals surface area contributed by atoms with Crippen LogP contribution in [0.3, 0.4) is 0 Å². The van der Waals surface area contributed by atoms with Crippen molar-refractivity contribution in [3.63, 3.8) is 0 Å². The van der Waals surface area contributed by atoms with Crippen LogP contribution in [-0.2, 0) is 18.9 Å². The third-order valence-corrected chi connectivity index (χ3v) is 4.95. The van der Waals surface area contributed by atoms with Gasteiger partial charge in [0, 0.05) is 13.2 Å². The summed E-state index contributed by atoms with van der Waals surface area (Å²) < 4.78 is 33.3. The van der Waals surface area contributed by atoms with Crippen molar-refractivity contribution >= 4 is 12.0 Å². The van der Waals surface area contributed by atoms with Crippen molar-refractivity contribution in [3.05, 3.63) is 41.5 Å². The van der Waals surface area contributed by atoms with Crippen LogP contribution in [0.2, 0.25) is 0 Å². The van der Waals surface area contributed by atoms with E-state index in [1.54, 1.807) is 30.4 Å². The summed E-state index contributed by atoms with van der Waals surface area (Å²) in [6, 6.07) is 3.36. The molecule has 1 aromatic carbocycles. The Bertz CT molecular complexity index is 829. The van der Waals surface area contributed by atoms with Gasteiger partial charge >= 0.3 is 5.97 Å². The number of hydrogen-bond acceptors (Lipinski definition) is 8. The fraction of sp³-hybridized carbons (Fsp3) is 0.522. The summed E-state index contributed by atoms with van der Waals surface area (Å²) in [5.74, 6) is -0.476. The van der Waals surface area contributed by atoms with Crippen molar-refractivity contribution in [2.45, 2.75) is 50.8 Å². The topological polar surface area (TPSA) is 92.7 Å². The first-order valence-corrected chi connectivity index (χ1v) is 10.2. The number of esters is 1. The molecular formula is C23H30O8. The minimum atomic E-state index is -0.833. The maximum atomic E-state index is 12.9. The molecule has 0 bridgehead atoms. The minimum absolute atomic E-state index is 0.0265. The number of benzene rings is 1. The Balaban J connectivity index is 1.98. The quantitative estimate of drug-likeness (QED) is 0.439. The molecule has 0 aliphatic carbocycles. The molecule has 1 N–H and O–H groups in total. The molecule has 8 nitrogen and oxygen atoms in total. The Morgan fingerprint density at radius 3 is 2.74 bits per heavy atom. The molecule has 8 heteroatoms. The first kappa shape index (κ1) is 23.3. The predicted octanol–water partition coefficient (Wildman–Crippen LogP) is 3.08.